The summed E-state index contributed by atoms with van der Waals surface area (Å²) in [4.78, 5) is 30.6. The molecule has 244 valence electrons. The van der Waals surface area contributed by atoms with Gasteiger partial charge in [0, 0.05) is 0 Å². The third-order valence-corrected chi connectivity index (χ3v) is 13.0. The average molecular weight is 621 g/mol. The molecule has 4 N–H and O–H groups in total. The average Bonchev–Trinajstić information content (AvgIpc) is 3.28. The van der Waals surface area contributed by atoms with E-state index in [4.69, 9.17) is 15.3 Å². The monoisotopic (exact) mass is 620 g/mol. The van der Waals surface area contributed by atoms with Crippen LogP contribution in [0.25, 0.3) is 0 Å². The zero-order valence-electron chi connectivity index (χ0n) is 27.1. The molecule has 0 aromatic heterocycles. The second-order valence-electron chi connectivity index (χ2n) is 14.6. The molecule has 7 nitrogen and oxygen atoms in total. The van der Waals surface area contributed by atoms with Gasteiger partial charge in [0.05, 0.1) is 18.3 Å². The summed E-state index contributed by atoms with van der Waals surface area (Å²) in [6, 6.07) is 0. The molecule has 4 aliphatic rings. The lowest BCUT2D eigenvalue weighted by Gasteiger charge is -2.58. The number of carboxylic acid groups (broad SMARTS) is 3. The Morgan fingerprint density at radius 2 is 1.67 bits per heavy atom. The first-order chi connectivity index (χ1) is 20.1. The molecule has 0 spiro atoms. The Labute approximate surface area is 263 Å². The van der Waals surface area contributed by atoms with Crippen LogP contribution in [0.15, 0.2) is 23.8 Å². The Balaban J connectivity index is 0.000000331. The lowest BCUT2D eigenvalue weighted by atomic mass is 9.47. The quantitative estimate of drug-likeness (QED) is 0.174. The SMILES string of the molecule is CCC(/C=C/C(C)C1CCC2C3CC=C4CC(O)CCC4(C)C3CCC12C)C(C)C.O=C(O)CSC(CC(=O)O)C(=O)O. The van der Waals surface area contributed by atoms with Crippen molar-refractivity contribution >= 4 is 29.7 Å². The minimum atomic E-state index is -1.31. The predicted molar refractivity (Wildman–Crippen MR) is 172 cm³/mol. The highest BCUT2D eigenvalue weighted by atomic mass is 32.2. The van der Waals surface area contributed by atoms with Crippen LogP contribution in [0.4, 0.5) is 0 Å². The molecule has 8 heteroatoms. The maximum Gasteiger partial charge on any atom is 0.317 e. The third kappa shape index (κ3) is 8.27. The Bertz CT molecular complexity index is 1050. The number of aliphatic hydroxyl groups excluding tert-OH is 1. The van der Waals surface area contributed by atoms with Crippen LogP contribution in [0, 0.1) is 52.3 Å². The van der Waals surface area contributed by atoms with Gasteiger partial charge in [-0.1, -0.05) is 65.3 Å². The van der Waals surface area contributed by atoms with Crippen molar-refractivity contribution in [3.63, 3.8) is 0 Å². The van der Waals surface area contributed by atoms with E-state index in [1.54, 1.807) is 5.57 Å². The summed E-state index contributed by atoms with van der Waals surface area (Å²) in [6.45, 7) is 14.8. The molecule has 4 aliphatic carbocycles. The van der Waals surface area contributed by atoms with E-state index < -0.39 is 35.3 Å². The minimum Gasteiger partial charge on any atom is -0.481 e. The van der Waals surface area contributed by atoms with Crippen molar-refractivity contribution in [2.45, 2.75) is 117 Å². The fourth-order valence-electron chi connectivity index (χ4n) is 9.38. The van der Waals surface area contributed by atoms with Gasteiger partial charge in [-0.2, -0.15) is 0 Å². The lowest BCUT2D eigenvalue weighted by molar-refractivity contribution is -0.143. The fraction of sp³-hybridized carbons (Fsp3) is 0.800. The number of aliphatic carboxylic acids is 3. The van der Waals surface area contributed by atoms with Crippen LogP contribution in [-0.2, 0) is 14.4 Å². The third-order valence-electron chi connectivity index (χ3n) is 11.8. The molecule has 3 fully saturated rings. The normalized spacial score (nSPS) is 35.4. The first kappa shape index (κ1) is 35.7. The second kappa shape index (κ2) is 15.0. The van der Waals surface area contributed by atoms with Crippen molar-refractivity contribution in [3.05, 3.63) is 23.8 Å². The van der Waals surface area contributed by atoms with Crippen molar-refractivity contribution < 1.29 is 34.8 Å². The molecule has 43 heavy (non-hydrogen) atoms. The van der Waals surface area contributed by atoms with Gasteiger partial charge in [-0.15, -0.1) is 11.8 Å². The number of hydrogen-bond acceptors (Lipinski definition) is 5. The Morgan fingerprint density at radius 3 is 2.26 bits per heavy atom. The Morgan fingerprint density at radius 1 is 0.977 bits per heavy atom. The van der Waals surface area contributed by atoms with Gasteiger partial charge >= 0.3 is 17.9 Å². The first-order valence-electron chi connectivity index (χ1n) is 16.5. The number of rotatable bonds is 11. The lowest BCUT2D eigenvalue weighted by Crippen LogP contribution is -2.50. The molecule has 0 aromatic rings. The second-order valence-corrected chi connectivity index (χ2v) is 15.8. The molecule has 0 aromatic carbocycles. The van der Waals surface area contributed by atoms with Gasteiger partial charge in [0.15, 0.2) is 0 Å². The van der Waals surface area contributed by atoms with Crippen LogP contribution >= 0.6 is 11.8 Å². The predicted octanol–water partition coefficient (Wildman–Crippen LogP) is 7.53. The van der Waals surface area contributed by atoms with Gasteiger partial charge in [-0.25, -0.2) is 0 Å². The van der Waals surface area contributed by atoms with Gasteiger partial charge in [0.25, 0.3) is 0 Å². The highest BCUT2D eigenvalue weighted by Crippen LogP contribution is 2.67. The smallest absolute Gasteiger partial charge is 0.317 e. The molecule has 4 rings (SSSR count). The van der Waals surface area contributed by atoms with Crippen molar-refractivity contribution in [3.8, 4) is 0 Å². The van der Waals surface area contributed by atoms with Crippen LogP contribution in [0.1, 0.15) is 106 Å². The van der Waals surface area contributed by atoms with Gasteiger partial charge in [0.1, 0.15) is 5.25 Å². The number of carbonyl (C=O) groups is 3. The number of aliphatic hydroxyl groups is 1. The number of fused-ring (bicyclic) bond motifs is 5. The molecular weight excluding hydrogens is 564 g/mol. The first-order valence-corrected chi connectivity index (χ1v) is 17.5. The van der Waals surface area contributed by atoms with Crippen molar-refractivity contribution in [1.82, 2.24) is 0 Å². The maximum absolute atomic E-state index is 10.4. The summed E-state index contributed by atoms with van der Waals surface area (Å²) in [6.07, 6.45) is 18.5. The number of thioether (sulfide) groups is 1. The summed E-state index contributed by atoms with van der Waals surface area (Å²) < 4.78 is 0. The molecule has 0 aliphatic heterocycles. The number of hydrogen-bond donors (Lipinski definition) is 4. The van der Waals surface area contributed by atoms with E-state index in [1.165, 1.54) is 44.9 Å². The topological polar surface area (TPSA) is 132 Å². The van der Waals surface area contributed by atoms with Crippen molar-refractivity contribution in [2.24, 2.45) is 52.3 Å². The Kier molecular flexibility index (Phi) is 12.4. The molecule has 0 saturated heterocycles. The highest BCUT2D eigenvalue weighted by molar-refractivity contribution is 8.01. The van der Waals surface area contributed by atoms with Gasteiger partial charge < -0.3 is 20.4 Å². The molecule has 10 atom stereocenters. The molecule has 0 bridgehead atoms. The summed E-state index contributed by atoms with van der Waals surface area (Å²) in [5.41, 5.74) is 2.51. The van der Waals surface area contributed by atoms with E-state index in [2.05, 4.69) is 59.8 Å². The van der Waals surface area contributed by atoms with Crippen LogP contribution in [0.5, 0.6) is 0 Å². The van der Waals surface area contributed by atoms with Gasteiger partial charge in [-0.3, -0.25) is 14.4 Å². The van der Waals surface area contributed by atoms with Crippen LogP contribution in [-0.4, -0.2) is 55.4 Å². The molecule has 10 unspecified atom stereocenters. The van der Waals surface area contributed by atoms with Crippen LogP contribution < -0.4 is 0 Å². The Hall–Kier alpha value is -1.80. The van der Waals surface area contributed by atoms with Crippen molar-refractivity contribution in [2.75, 3.05) is 5.75 Å². The van der Waals surface area contributed by atoms with E-state index in [1.807, 2.05) is 0 Å². The molecular formula is C35H56O7S. The summed E-state index contributed by atoms with van der Waals surface area (Å²) in [5, 5.41) is 34.0. The van der Waals surface area contributed by atoms with Crippen LogP contribution in [0.2, 0.25) is 0 Å². The minimum absolute atomic E-state index is 0.0870. The molecule has 0 radical (unpaired) electrons. The zero-order valence-corrected chi connectivity index (χ0v) is 27.9. The van der Waals surface area contributed by atoms with E-state index >= 15 is 0 Å². The summed E-state index contributed by atoms with van der Waals surface area (Å²) >= 11 is 0.586. The van der Waals surface area contributed by atoms with Crippen molar-refractivity contribution in [1.29, 1.82) is 0 Å². The summed E-state index contributed by atoms with van der Waals surface area (Å²) in [5.74, 6) is 1.55. The fourth-order valence-corrected chi connectivity index (χ4v) is 10.1. The maximum atomic E-state index is 10.4. The van der Waals surface area contributed by atoms with E-state index in [0.717, 1.165) is 48.3 Å². The largest absolute Gasteiger partial charge is 0.481 e. The van der Waals surface area contributed by atoms with Gasteiger partial charge in [0.2, 0.25) is 0 Å². The molecule has 0 amide bonds. The van der Waals surface area contributed by atoms with Crippen LogP contribution in [0.3, 0.4) is 0 Å². The van der Waals surface area contributed by atoms with E-state index in [-0.39, 0.29) is 6.10 Å². The molecule has 3 saturated carbocycles. The standard InChI is InChI=1S/C29H48O.C6H8O6S/c1-7-21(19(2)3)9-8-20(4)25-12-13-26-24-11-10-22-18-23(30)14-16-28(22,5)27(24)15-17-29(25,26)6;7-4(8)1-3(6(11)12)13-2-5(9)10/h8-10,19-21,23-27,30H,7,11-18H2,1-6H3;3H,1-2H2,(H,7,8)(H,9,10)(H,11,12)/b9-8+;. The number of carboxylic acids is 3. The summed E-state index contributed by atoms with van der Waals surface area (Å²) in [7, 11) is 0. The van der Waals surface area contributed by atoms with E-state index in [9.17, 15) is 19.5 Å². The molecule has 0 heterocycles. The number of allylic oxidation sites excluding steroid dienone is 3. The zero-order chi connectivity index (χ0) is 32.1. The van der Waals surface area contributed by atoms with E-state index in [0.29, 0.717) is 28.5 Å². The van der Waals surface area contributed by atoms with Gasteiger partial charge in [-0.05, 0) is 110 Å². The highest BCUT2D eigenvalue weighted by Gasteiger charge is 2.59.